The largest absolute Gasteiger partial charge is 0.325 e. The Bertz CT molecular complexity index is 164. The second kappa shape index (κ2) is 4.65. The van der Waals surface area contributed by atoms with Gasteiger partial charge in [0, 0.05) is 5.54 Å². The zero-order valence-electron chi connectivity index (χ0n) is 9.43. The molecule has 0 spiro atoms. The van der Waals surface area contributed by atoms with Crippen molar-refractivity contribution in [3.8, 4) is 0 Å². The van der Waals surface area contributed by atoms with Crippen molar-refractivity contribution < 1.29 is 0 Å². The number of nitrogens with two attached hydrogens (primary N) is 1. The molecule has 0 heterocycles. The fourth-order valence-electron chi connectivity index (χ4n) is 3.43. The first-order valence-electron chi connectivity index (χ1n) is 6.57. The van der Waals surface area contributed by atoms with Gasteiger partial charge in [0.05, 0.1) is 0 Å². The predicted octanol–water partition coefficient (Wildman–Crippen LogP) is 3.62. The van der Waals surface area contributed by atoms with Gasteiger partial charge in [0.2, 0.25) is 0 Å². The third kappa shape index (κ3) is 2.73. The summed E-state index contributed by atoms with van der Waals surface area (Å²) >= 11 is 0. The Kier molecular flexibility index (Phi) is 3.48. The van der Waals surface area contributed by atoms with Gasteiger partial charge >= 0.3 is 0 Å². The molecule has 0 aromatic rings. The van der Waals surface area contributed by atoms with Crippen LogP contribution in [0, 0.1) is 5.92 Å². The lowest BCUT2D eigenvalue weighted by Crippen LogP contribution is -2.43. The summed E-state index contributed by atoms with van der Waals surface area (Å²) in [7, 11) is 0. The van der Waals surface area contributed by atoms with E-state index in [-0.39, 0.29) is 5.54 Å². The van der Waals surface area contributed by atoms with Crippen molar-refractivity contribution in [3.05, 3.63) is 0 Å². The fraction of sp³-hybridized carbons (Fsp3) is 1.00. The maximum absolute atomic E-state index is 6.49. The van der Waals surface area contributed by atoms with E-state index < -0.39 is 0 Å². The minimum Gasteiger partial charge on any atom is -0.325 e. The minimum atomic E-state index is 0.236. The van der Waals surface area contributed by atoms with Crippen molar-refractivity contribution in [3.63, 3.8) is 0 Å². The summed E-state index contributed by atoms with van der Waals surface area (Å²) in [6, 6.07) is 0. The minimum absolute atomic E-state index is 0.236. The van der Waals surface area contributed by atoms with Crippen molar-refractivity contribution in [2.75, 3.05) is 0 Å². The smallest absolute Gasteiger partial charge is 0.0157 e. The van der Waals surface area contributed by atoms with Crippen molar-refractivity contribution in [1.82, 2.24) is 0 Å². The highest BCUT2D eigenvalue weighted by molar-refractivity contribution is 4.89. The zero-order chi connectivity index (χ0) is 9.86. The van der Waals surface area contributed by atoms with Crippen molar-refractivity contribution in [2.24, 2.45) is 11.7 Å². The molecule has 14 heavy (non-hydrogen) atoms. The van der Waals surface area contributed by atoms with Crippen LogP contribution in [-0.2, 0) is 0 Å². The fourth-order valence-corrected chi connectivity index (χ4v) is 3.43. The quantitative estimate of drug-likeness (QED) is 0.715. The first-order valence-corrected chi connectivity index (χ1v) is 6.57. The molecule has 1 nitrogen and oxygen atoms in total. The molecule has 0 bridgehead atoms. The second-order valence-corrected chi connectivity index (χ2v) is 5.63. The zero-order valence-corrected chi connectivity index (χ0v) is 9.43. The molecule has 0 radical (unpaired) electrons. The lowest BCUT2D eigenvalue weighted by molar-refractivity contribution is 0.207. The molecule has 2 aliphatic carbocycles. The first kappa shape index (κ1) is 10.5. The highest BCUT2D eigenvalue weighted by atomic mass is 14.7. The predicted molar refractivity (Wildman–Crippen MR) is 61.2 cm³/mol. The molecule has 0 aromatic carbocycles. The average Bonchev–Trinajstić information content (AvgIpc) is 2.19. The highest BCUT2D eigenvalue weighted by Gasteiger charge is 2.30. The molecule has 82 valence electrons. The molecule has 2 saturated carbocycles. The van der Waals surface area contributed by atoms with Crippen LogP contribution in [0.2, 0.25) is 0 Å². The molecule has 0 saturated heterocycles. The standard InChI is InChI=1S/C13H25N/c14-13(9-5-2-6-10-13)11-12-7-3-1-4-8-12/h12H,1-11,14H2. The van der Waals surface area contributed by atoms with Crippen LogP contribution in [0.1, 0.15) is 70.6 Å². The summed E-state index contributed by atoms with van der Waals surface area (Å²) < 4.78 is 0. The summed E-state index contributed by atoms with van der Waals surface area (Å²) in [6.07, 6.45) is 15.4. The molecular formula is C13H25N. The third-order valence-corrected chi connectivity index (χ3v) is 4.27. The molecule has 0 aliphatic heterocycles. The maximum atomic E-state index is 6.49. The van der Waals surface area contributed by atoms with Crippen LogP contribution >= 0.6 is 0 Å². The van der Waals surface area contributed by atoms with E-state index in [1.165, 1.54) is 70.6 Å². The van der Waals surface area contributed by atoms with Crippen LogP contribution in [0.4, 0.5) is 0 Å². The SMILES string of the molecule is NC1(CC2CCCCC2)CCCCC1. The van der Waals surface area contributed by atoms with Crippen LogP contribution in [-0.4, -0.2) is 5.54 Å². The Morgan fingerprint density at radius 1 is 0.857 bits per heavy atom. The van der Waals surface area contributed by atoms with Crippen LogP contribution in [0.15, 0.2) is 0 Å². The summed E-state index contributed by atoms with van der Waals surface area (Å²) in [5, 5.41) is 0. The van der Waals surface area contributed by atoms with Crippen LogP contribution < -0.4 is 5.73 Å². The first-order chi connectivity index (χ1) is 6.79. The van der Waals surface area contributed by atoms with E-state index in [0.717, 1.165) is 5.92 Å². The Morgan fingerprint density at radius 3 is 2.07 bits per heavy atom. The molecule has 0 aromatic heterocycles. The van der Waals surface area contributed by atoms with Crippen molar-refractivity contribution in [1.29, 1.82) is 0 Å². The molecule has 0 amide bonds. The Morgan fingerprint density at radius 2 is 1.43 bits per heavy atom. The van der Waals surface area contributed by atoms with Gasteiger partial charge in [-0.1, -0.05) is 51.4 Å². The van der Waals surface area contributed by atoms with Gasteiger partial charge in [-0.3, -0.25) is 0 Å². The van der Waals surface area contributed by atoms with Gasteiger partial charge in [0.1, 0.15) is 0 Å². The van der Waals surface area contributed by atoms with Gasteiger partial charge in [-0.2, -0.15) is 0 Å². The van der Waals surface area contributed by atoms with E-state index in [4.69, 9.17) is 5.73 Å². The Labute approximate surface area is 88.4 Å². The van der Waals surface area contributed by atoms with E-state index in [9.17, 15) is 0 Å². The number of rotatable bonds is 2. The van der Waals surface area contributed by atoms with Crippen LogP contribution in [0.3, 0.4) is 0 Å². The van der Waals surface area contributed by atoms with E-state index in [1.54, 1.807) is 0 Å². The summed E-state index contributed by atoms with van der Waals surface area (Å²) in [5.41, 5.74) is 6.73. The highest BCUT2D eigenvalue weighted by Crippen LogP contribution is 2.36. The maximum Gasteiger partial charge on any atom is 0.0157 e. The van der Waals surface area contributed by atoms with E-state index in [2.05, 4.69) is 0 Å². The second-order valence-electron chi connectivity index (χ2n) is 5.63. The molecule has 2 N–H and O–H groups in total. The molecule has 2 aliphatic rings. The number of hydrogen-bond acceptors (Lipinski definition) is 1. The molecule has 0 atom stereocenters. The van der Waals surface area contributed by atoms with Crippen molar-refractivity contribution >= 4 is 0 Å². The molecule has 2 fully saturated rings. The molecule has 1 heteroatoms. The van der Waals surface area contributed by atoms with Gasteiger partial charge in [-0.15, -0.1) is 0 Å². The van der Waals surface area contributed by atoms with E-state index >= 15 is 0 Å². The lowest BCUT2D eigenvalue weighted by Gasteiger charge is -2.37. The molecular weight excluding hydrogens is 170 g/mol. The van der Waals surface area contributed by atoms with Crippen LogP contribution in [0.5, 0.6) is 0 Å². The van der Waals surface area contributed by atoms with Gasteiger partial charge in [0.25, 0.3) is 0 Å². The molecule has 0 unspecified atom stereocenters. The topological polar surface area (TPSA) is 26.0 Å². The van der Waals surface area contributed by atoms with Gasteiger partial charge in [-0.05, 0) is 25.2 Å². The van der Waals surface area contributed by atoms with Gasteiger partial charge in [0.15, 0.2) is 0 Å². The van der Waals surface area contributed by atoms with E-state index in [0.29, 0.717) is 0 Å². The lowest BCUT2D eigenvalue weighted by atomic mass is 9.73. The summed E-state index contributed by atoms with van der Waals surface area (Å²) in [6.45, 7) is 0. The van der Waals surface area contributed by atoms with E-state index in [1.807, 2.05) is 0 Å². The third-order valence-electron chi connectivity index (χ3n) is 4.27. The van der Waals surface area contributed by atoms with Gasteiger partial charge in [-0.25, -0.2) is 0 Å². The Hall–Kier alpha value is -0.0400. The molecule has 2 rings (SSSR count). The summed E-state index contributed by atoms with van der Waals surface area (Å²) in [4.78, 5) is 0. The normalized spacial score (nSPS) is 28.9. The van der Waals surface area contributed by atoms with Crippen molar-refractivity contribution in [2.45, 2.75) is 76.2 Å². The van der Waals surface area contributed by atoms with Crippen LogP contribution in [0.25, 0.3) is 0 Å². The van der Waals surface area contributed by atoms with Gasteiger partial charge < -0.3 is 5.73 Å². The average molecular weight is 195 g/mol. The monoisotopic (exact) mass is 195 g/mol. The summed E-state index contributed by atoms with van der Waals surface area (Å²) in [5.74, 6) is 0.965. The Balaban J connectivity index is 1.81. The number of hydrogen-bond donors (Lipinski definition) is 1.